The third kappa shape index (κ3) is 2.23. The van der Waals surface area contributed by atoms with Crippen LogP contribution in [0.5, 0.6) is 0 Å². The van der Waals surface area contributed by atoms with Gasteiger partial charge in [-0.2, -0.15) is 0 Å². The Bertz CT molecular complexity index is 632. The van der Waals surface area contributed by atoms with E-state index in [9.17, 15) is 9.59 Å². The zero-order valence-corrected chi connectivity index (χ0v) is 9.10. The number of carbonyl (C=O) groups is 1. The highest BCUT2D eigenvalue weighted by molar-refractivity contribution is 5.85. The van der Waals surface area contributed by atoms with E-state index in [-0.39, 0.29) is 5.69 Å². The summed E-state index contributed by atoms with van der Waals surface area (Å²) in [7, 11) is 0. The highest BCUT2D eigenvalue weighted by atomic mass is 16.4. The van der Waals surface area contributed by atoms with Crippen molar-refractivity contribution in [2.75, 3.05) is 0 Å². The van der Waals surface area contributed by atoms with Gasteiger partial charge in [0, 0.05) is 17.5 Å². The highest BCUT2D eigenvalue weighted by Gasteiger charge is 2.08. The fourth-order valence-corrected chi connectivity index (χ4v) is 1.54. The Kier molecular flexibility index (Phi) is 2.74. The maximum absolute atomic E-state index is 11.7. The van der Waals surface area contributed by atoms with Gasteiger partial charge in [0.2, 0.25) is 0 Å². The second kappa shape index (κ2) is 4.21. The van der Waals surface area contributed by atoms with Gasteiger partial charge >= 0.3 is 5.97 Å². The van der Waals surface area contributed by atoms with Crippen LogP contribution in [0.15, 0.2) is 35.3 Å². The van der Waals surface area contributed by atoms with Crippen LogP contribution >= 0.6 is 0 Å². The zero-order chi connectivity index (χ0) is 12.4. The smallest absolute Gasteiger partial charge is 0.352 e. The van der Waals surface area contributed by atoms with E-state index < -0.39 is 11.5 Å². The van der Waals surface area contributed by atoms with E-state index in [4.69, 9.17) is 5.11 Å². The average Bonchev–Trinajstić information content (AvgIpc) is 2.28. The largest absolute Gasteiger partial charge is 0.477 e. The fraction of sp³-hybridized carbons (Fsp3) is 0.0833. The second-order valence-corrected chi connectivity index (χ2v) is 3.61. The lowest BCUT2D eigenvalue weighted by Crippen LogP contribution is -2.14. The van der Waals surface area contributed by atoms with Crippen molar-refractivity contribution in [3.05, 3.63) is 52.2 Å². The lowest BCUT2D eigenvalue weighted by Gasteiger charge is -2.02. The Morgan fingerprint density at radius 2 is 2.12 bits per heavy atom. The molecular weight excluding hydrogens is 220 g/mol. The molecule has 0 aromatic carbocycles. The molecule has 0 saturated heterocycles. The summed E-state index contributed by atoms with van der Waals surface area (Å²) in [5.74, 6) is -1.15. The van der Waals surface area contributed by atoms with Gasteiger partial charge in [-0.15, -0.1) is 0 Å². The van der Waals surface area contributed by atoms with Gasteiger partial charge in [-0.1, -0.05) is 0 Å². The molecule has 2 heterocycles. The molecule has 5 nitrogen and oxygen atoms in total. The van der Waals surface area contributed by atoms with Crippen molar-refractivity contribution in [1.29, 1.82) is 0 Å². The summed E-state index contributed by atoms with van der Waals surface area (Å²) in [5, 5.41) is 8.73. The van der Waals surface area contributed by atoms with Crippen molar-refractivity contribution >= 4 is 5.97 Å². The third-order valence-electron chi connectivity index (χ3n) is 2.35. The summed E-state index contributed by atoms with van der Waals surface area (Å²) < 4.78 is 0. The number of aromatic nitrogens is 2. The van der Waals surface area contributed by atoms with E-state index in [0.717, 1.165) is 11.3 Å². The van der Waals surface area contributed by atoms with Crippen LogP contribution in [0.2, 0.25) is 0 Å². The Labute approximate surface area is 96.8 Å². The summed E-state index contributed by atoms with van der Waals surface area (Å²) in [4.78, 5) is 28.7. The standard InChI is InChI=1S/C12H10N2O3/c1-7-6-8(4-5-13-7)9-2-3-10(12(16)17)14-11(9)15/h2-6H,1H3,(H,14,15)(H,16,17). The average molecular weight is 230 g/mol. The molecule has 0 spiro atoms. The molecule has 0 aliphatic heterocycles. The van der Waals surface area contributed by atoms with E-state index in [2.05, 4.69) is 9.97 Å². The predicted octanol–water partition coefficient (Wildman–Crippen LogP) is 1.44. The number of carboxylic acid groups (broad SMARTS) is 1. The Morgan fingerprint density at radius 1 is 1.35 bits per heavy atom. The molecule has 0 aliphatic carbocycles. The number of aryl methyl sites for hydroxylation is 1. The molecule has 0 fully saturated rings. The molecule has 0 bridgehead atoms. The van der Waals surface area contributed by atoms with Crippen LogP contribution in [-0.4, -0.2) is 21.0 Å². The molecule has 2 aromatic rings. The van der Waals surface area contributed by atoms with Crippen molar-refractivity contribution in [1.82, 2.24) is 9.97 Å². The molecule has 2 rings (SSSR count). The van der Waals surface area contributed by atoms with Gasteiger partial charge < -0.3 is 10.1 Å². The number of aromatic amines is 1. The number of hydrogen-bond acceptors (Lipinski definition) is 3. The fourth-order valence-electron chi connectivity index (χ4n) is 1.54. The van der Waals surface area contributed by atoms with Gasteiger partial charge in [-0.25, -0.2) is 4.79 Å². The highest BCUT2D eigenvalue weighted by Crippen LogP contribution is 2.14. The first kappa shape index (κ1) is 11.1. The second-order valence-electron chi connectivity index (χ2n) is 3.61. The number of nitrogens with zero attached hydrogens (tertiary/aromatic N) is 1. The molecule has 2 N–H and O–H groups in total. The van der Waals surface area contributed by atoms with E-state index >= 15 is 0 Å². The van der Waals surface area contributed by atoms with Crippen molar-refractivity contribution in [3.63, 3.8) is 0 Å². The Hall–Kier alpha value is -2.43. The Balaban J connectivity index is 2.54. The SMILES string of the molecule is Cc1cc(-c2ccc(C(=O)O)[nH]c2=O)ccn1. The zero-order valence-electron chi connectivity index (χ0n) is 9.10. The van der Waals surface area contributed by atoms with Crippen LogP contribution < -0.4 is 5.56 Å². The number of nitrogens with one attached hydrogen (secondary N) is 1. The molecule has 2 aromatic heterocycles. The minimum atomic E-state index is -1.15. The number of aromatic carboxylic acids is 1. The van der Waals surface area contributed by atoms with Gasteiger partial charge in [0.25, 0.3) is 5.56 Å². The van der Waals surface area contributed by atoms with Crippen LogP contribution in [0.1, 0.15) is 16.2 Å². The van der Waals surface area contributed by atoms with Gasteiger partial charge in [-0.3, -0.25) is 9.78 Å². The van der Waals surface area contributed by atoms with Gasteiger partial charge in [0.1, 0.15) is 5.69 Å². The molecule has 86 valence electrons. The lowest BCUT2D eigenvalue weighted by atomic mass is 10.1. The van der Waals surface area contributed by atoms with Crippen LogP contribution in [-0.2, 0) is 0 Å². The Morgan fingerprint density at radius 3 is 2.71 bits per heavy atom. The normalized spacial score (nSPS) is 10.2. The van der Waals surface area contributed by atoms with Gasteiger partial charge in [-0.05, 0) is 36.8 Å². The predicted molar refractivity (Wildman–Crippen MR) is 62.0 cm³/mol. The number of carboxylic acids is 1. The molecular formula is C12H10N2O3. The topological polar surface area (TPSA) is 83.0 Å². The molecule has 0 atom stereocenters. The molecule has 5 heteroatoms. The van der Waals surface area contributed by atoms with E-state index in [1.165, 1.54) is 12.1 Å². The molecule has 0 amide bonds. The lowest BCUT2D eigenvalue weighted by molar-refractivity contribution is 0.0690. The van der Waals surface area contributed by atoms with Crippen molar-refractivity contribution < 1.29 is 9.90 Å². The number of rotatable bonds is 2. The first-order valence-corrected chi connectivity index (χ1v) is 4.97. The monoisotopic (exact) mass is 230 g/mol. The first-order chi connectivity index (χ1) is 8.08. The molecule has 17 heavy (non-hydrogen) atoms. The van der Waals surface area contributed by atoms with E-state index in [0.29, 0.717) is 5.56 Å². The number of hydrogen-bond donors (Lipinski definition) is 2. The summed E-state index contributed by atoms with van der Waals surface area (Å²) in [6, 6.07) is 6.34. The quantitative estimate of drug-likeness (QED) is 0.817. The number of pyridine rings is 2. The maximum Gasteiger partial charge on any atom is 0.352 e. The number of H-pyrrole nitrogens is 1. The van der Waals surface area contributed by atoms with Crippen LogP contribution in [0.3, 0.4) is 0 Å². The molecule has 0 aliphatic rings. The maximum atomic E-state index is 11.7. The van der Waals surface area contributed by atoms with Crippen molar-refractivity contribution in [3.8, 4) is 11.1 Å². The molecule has 0 radical (unpaired) electrons. The summed E-state index contributed by atoms with van der Waals surface area (Å²) in [6.07, 6.45) is 1.61. The molecule has 0 unspecified atom stereocenters. The van der Waals surface area contributed by atoms with Crippen LogP contribution in [0.4, 0.5) is 0 Å². The van der Waals surface area contributed by atoms with Crippen molar-refractivity contribution in [2.45, 2.75) is 6.92 Å². The van der Waals surface area contributed by atoms with Gasteiger partial charge in [0.15, 0.2) is 0 Å². The van der Waals surface area contributed by atoms with Crippen LogP contribution in [0, 0.1) is 6.92 Å². The van der Waals surface area contributed by atoms with Crippen molar-refractivity contribution in [2.24, 2.45) is 0 Å². The summed E-state index contributed by atoms with van der Waals surface area (Å²) in [5.41, 5.74) is 1.40. The summed E-state index contributed by atoms with van der Waals surface area (Å²) in [6.45, 7) is 1.82. The third-order valence-corrected chi connectivity index (χ3v) is 2.35. The van der Waals surface area contributed by atoms with Gasteiger partial charge in [0.05, 0.1) is 0 Å². The molecule has 0 saturated carbocycles. The van der Waals surface area contributed by atoms with E-state index in [1.807, 2.05) is 6.92 Å². The minimum absolute atomic E-state index is 0.121. The minimum Gasteiger partial charge on any atom is -0.477 e. The van der Waals surface area contributed by atoms with Crippen LogP contribution in [0.25, 0.3) is 11.1 Å². The summed E-state index contributed by atoms with van der Waals surface area (Å²) >= 11 is 0. The first-order valence-electron chi connectivity index (χ1n) is 4.97. The van der Waals surface area contributed by atoms with E-state index in [1.54, 1.807) is 18.3 Å².